The smallest absolute Gasteiger partial charge is 0.124 e. The number of nitrogens with zero attached hydrogens (tertiary/aromatic N) is 1. The molecule has 2 N–H and O–H groups in total. The van der Waals surface area contributed by atoms with Crippen LogP contribution < -0.4 is 5.73 Å². The van der Waals surface area contributed by atoms with E-state index in [-0.39, 0.29) is 5.82 Å². The Bertz CT molecular complexity index is 738. The van der Waals surface area contributed by atoms with Gasteiger partial charge in [0.05, 0.1) is 0 Å². The van der Waals surface area contributed by atoms with Crippen LogP contribution in [0.5, 0.6) is 0 Å². The predicted octanol–water partition coefficient (Wildman–Crippen LogP) is 3.50. The van der Waals surface area contributed by atoms with Crippen molar-refractivity contribution in [2.24, 2.45) is 5.73 Å². The summed E-state index contributed by atoms with van der Waals surface area (Å²) in [7, 11) is 0. The fraction of sp³-hybridized carbons (Fsp3) is 0.0625. The Morgan fingerprint density at radius 1 is 1.11 bits per heavy atom. The summed E-state index contributed by atoms with van der Waals surface area (Å²) >= 11 is 0. The van der Waals surface area contributed by atoms with Crippen molar-refractivity contribution in [2.45, 2.75) is 6.54 Å². The third kappa shape index (κ3) is 2.20. The number of benzene rings is 2. The second kappa shape index (κ2) is 4.78. The number of fused-ring (bicyclic) bond motifs is 1. The highest BCUT2D eigenvalue weighted by Gasteiger charge is 2.07. The molecule has 19 heavy (non-hydrogen) atoms. The van der Waals surface area contributed by atoms with Crippen molar-refractivity contribution in [3.63, 3.8) is 0 Å². The zero-order valence-electron chi connectivity index (χ0n) is 10.3. The summed E-state index contributed by atoms with van der Waals surface area (Å²) in [5, 5.41) is 1.79. The van der Waals surface area contributed by atoms with Crippen LogP contribution in [0.2, 0.25) is 0 Å². The van der Waals surface area contributed by atoms with E-state index >= 15 is 0 Å². The molecule has 0 bridgehead atoms. The molecule has 0 aliphatic carbocycles. The minimum atomic E-state index is -0.256. The molecule has 0 atom stereocenters. The van der Waals surface area contributed by atoms with Gasteiger partial charge in [0.15, 0.2) is 0 Å². The first-order valence-electron chi connectivity index (χ1n) is 6.10. The van der Waals surface area contributed by atoms with Crippen LogP contribution in [0.15, 0.2) is 54.9 Å². The van der Waals surface area contributed by atoms with E-state index < -0.39 is 0 Å². The molecule has 1 heterocycles. The highest BCUT2D eigenvalue weighted by Crippen LogP contribution is 2.29. The molecule has 3 rings (SSSR count). The first kappa shape index (κ1) is 11.8. The molecule has 3 heteroatoms. The average molecular weight is 252 g/mol. The van der Waals surface area contributed by atoms with Gasteiger partial charge < -0.3 is 5.73 Å². The van der Waals surface area contributed by atoms with E-state index in [1.165, 1.54) is 6.07 Å². The number of halogens is 1. The minimum Gasteiger partial charge on any atom is -0.326 e. The van der Waals surface area contributed by atoms with Crippen LogP contribution in [0.4, 0.5) is 4.39 Å². The number of hydrogen-bond donors (Lipinski definition) is 1. The van der Waals surface area contributed by atoms with Crippen molar-refractivity contribution < 1.29 is 4.39 Å². The van der Waals surface area contributed by atoms with Crippen molar-refractivity contribution in [3.8, 4) is 11.1 Å². The van der Waals surface area contributed by atoms with Crippen molar-refractivity contribution in [1.29, 1.82) is 0 Å². The van der Waals surface area contributed by atoms with Gasteiger partial charge in [-0.2, -0.15) is 0 Å². The zero-order chi connectivity index (χ0) is 13.2. The molecule has 1 aromatic heterocycles. The van der Waals surface area contributed by atoms with Crippen molar-refractivity contribution in [2.75, 3.05) is 0 Å². The molecular weight excluding hydrogens is 239 g/mol. The zero-order valence-corrected chi connectivity index (χ0v) is 10.3. The maximum Gasteiger partial charge on any atom is 0.124 e. The summed E-state index contributed by atoms with van der Waals surface area (Å²) in [4.78, 5) is 4.04. The summed E-state index contributed by atoms with van der Waals surface area (Å²) in [5.41, 5.74) is 8.53. The van der Waals surface area contributed by atoms with Gasteiger partial charge in [-0.15, -0.1) is 0 Å². The maximum absolute atomic E-state index is 13.7. The summed E-state index contributed by atoms with van der Waals surface area (Å²) in [6, 6.07) is 12.8. The van der Waals surface area contributed by atoms with Crippen LogP contribution in [0.3, 0.4) is 0 Å². The standard InChI is InChI=1S/C16H13FN2/c17-14-7-13-10-19-5-4-15(13)16(8-14)12-3-1-2-11(6-12)9-18/h1-8,10H,9,18H2. The Kier molecular flexibility index (Phi) is 2.97. The fourth-order valence-corrected chi connectivity index (χ4v) is 2.28. The molecule has 0 fully saturated rings. The topological polar surface area (TPSA) is 38.9 Å². The Balaban J connectivity index is 2.29. The van der Waals surface area contributed by atoms with E-state index in [4.69, 9.17) is 5.73 Å². The lowest BCUT2D eigenvalue weighted by Gasteiger charge is -2.08. The van der Waals surface area contributed by atoms with Gasteiger partial charge in [-0.25, -0.2) is 4.39 Å². The van der Waals surface area contributed by atoms with Crippen LogP contribution in [-0.2, 0) is 6.54 Å². The number of pyridine rings is 1. The highest BCUT2D eigenvalue weighted by atomic mass is 19.1. The van der Waals surface area contributed by atoms with Gasteiger partial charge in [-0.05, 0) is 46.3 Å². The first-order valence-corrected chi connectivity index (χ1v) is 6.10. The lowest BCUT2D eigenvalue weighted by Crippen LogP contribution is -1.96. The quantitative estimate of drug-likeness (QED) is 0.758. The van der Waals surface area contributed by atoms with Crippen molar-refractivity contribution in [1.82, 2.24) is 4.98 Å². The summed E-state index contributed by atoms with van der Waals surface area (Å²) < 4.78 is 13.7. The molecule has 0 aliphatic heterocycles. The second-order valence-electron chi connectivity index (χ2n) is 4.45. The van der Waals surface area contributed by atoms with Crippen LogP contribution in [0.25, 0.3) is 21.9 Å². The number of aromatic nitrogens is 1. The molecule has 94 valence electrons. The lowest BCUT2D eigenvalue weighted by atomic mass is 9.98. The second-order valence-corrected chi connectivity index (χ2v) is 4.45. The average Bonchev–Trinajstić information content (AvgIpc) is 2.46. The number of hydrogen-bond acceptors (Lipinski definition) is 2. The van der Waals surface area contributed by atoms with E-state index in [0.29, 0.717) is 6.54 Å². The molecule has 0 radical (unpaired) electrons. The highest BCUT2D eigenvalue weighted by molar-refractivity contribution is 5.96. The van der Waals surface area contributed by atoms with E-state index in [2.05, 4.69) is 4.98 Å². The Hall–Kier alpha value is -2.26. The molecule has 0 unspecified atom stereocenters. The maximum atomic E-state index is 13.7. The molecule has 2 aromatic carbocycles. The molecule has 0 amide bonds. The Labute approximate surface area is 110 Å². The molecule has 3 aromatic rings. The van der Waals surface area contributed by atoms with Crippen LogP contribution in [0.1, 0.15) is 5.56 Å². The largest absolute Gasteiger partial charge is 0.326 e. The van der Waals surface area contributed by atoms with E-state index in [9.17, 15) is 4.39 Å². The third-order valence-electron chi connectivity index (χ3n) is 3.19. The van der Waals surface area contributed by atoms with Crippen molar-refractivity contribution in [3.05, 3.63) is 66.2 Å². The minimum absolute atomic E-state index is 0.256. The van der Waals surface area contributed by atoms with Gasteiger partial charge >= 0.3 is 0 Å². The van der Waals surface area contributed by atoms with E-state index in [1.54, 1.807) is 18.5 Å². The SMILES string of the molecule is NCc1cccc(-c2cc(F)cc3cnccc23)c1. The summed E-state index contributed by atoms with van der Waals surface area (Å²) in [5.74, 6) is -0.256. The summed E-state index contributed by atoms with van der Waals surface area (Å²) in [6.45, 7) is 0.475. The Morgan fingerprint density at radius 3 is 2.84 bits per heavy atom. The molecule has 0 saturated carbocycles. The van der Waals surface area contributed by atoms with Gasteiger partial charge in [0.25, 0.3) is 0 Å². The van der Waals surface area contributed by atoms with Gasteiger partial charge in [-0.1, -0.05) is 18.2 Å². The first-order chi connectivity index (χ1) is 9.28. The van der Waals surface area contributed by atoms with Gasteiger partial charge in [0, 0.05) is 24.3 Å². The number of rotatable bonds is 2. The van der Waals surface area contributed by atoms with E-state index in [1.807, 2.05) is 30.3 Å². The molecule has 2 nitrogen and oxygen atoms in total. The predicted molar refractivity (Wildman–Crippen MR) is 75.0 cm³/mol. The lowest BCUT2D eigenvalue weighted by molar-refractivity contribution is 0.630. The molecule has 0 aliphatic rings. The van der Waals surface area contributed by atoms with Gasteiger partial charge in [0.1, 0.15) is 5.82 Å². The monoisotopic (exact) mass is 252 g/mol. The molecular formula is C16H13FN2. The fourth-order valence-electron chi connectivity index (χ4n) is 2.28. The van der Waals surface area contributed by atoms with E-state index in [0.717, 1.165) is 27.5 Å². The number of nitrogens with two attached hydrogens (primary N) is 1. The van der Waals surface area contributed by atoms with Gasteiger partial charge in [0.2, 0.25) is 0 Å². The van der Waals surface area contributed by atoms with Crippen LogP contribution in [0, 0.1) is 5.82 Å². The third-order valence-corrected chi connectivity index (χ3v) is 3.19. The van der Waals surface area contributed by atoms with Crippen molar-refractivity contribution >= 4 is 10.8 Å². The molecule has 0 spiro atoms. The Morgan fingerprint density at radius 2 is 2.00 bits per heavy atom. The summed E-state index contributed by atoms with van der Waals surface area (Å²) in [6.07, 6.45) is 3.39. The molecule has 0 saturated heterocycles. The normalized spacial score (nSPS) is 10.8. The van der Waals surface area contributed by atoms with Crippen LogP contribution >= 0.6 is 0 Å². The van der Waals surface area contributed by atoms with Crippen LogP contribution in [-0.4, -0.2) is 4.98 Å². The van der Waals surface area contributed by atoms with Gasteiger partial charge in [-0.3, -0.25) is 4.98 Å².